The van der Waals surface area contributed by atoms with Crippen molar-refractivity contribution in [3.8, 4) is 5.75 Å². The molecule has 5 rings (SSSR count). The van der Waals surface area contributed by atoms with Gasteiger partial charge in [0.05, 0.1) is 31.1 Å². The molecular formula is C22H25N5O5. The molecular weight excluding hydrogens is 414 g/mol. The van der Waals surface area contributed by atoms with Crippen LogP contribution in [0.5, 0.6) is 5.75 Å². The van der Waals surface area contributed by atoms with E-state index in [4.69, 9.17) is 9.47 Å². The lowest BCUT2D eigenvalue weighted by molar-refractivity contribution is -0.136. The van der Waals surface area contributed by atoms with Gasteiger partial charge in [-0.1, -0.05) is 6.07 Å². The number of carbonyl (C=O) groups excluding carboxylic acids is 3. The van der Waals surface area contributed by atoms with Crippen LogP contribution in [0.2, 0.25) is 0 Å². The summed E-state index contributed by atoms with van der Waals surface area (Å²) in [6.07, 6.45) is 0.563. The van der Waals surface area contributed by atoms with Crippen LogP contribution in [0.1, 0.15) is 40.2 Å². The molecule has 1 aromatic carbocycles. The molecule has 168 valence electrons. The van der Waals surface area contributed by atoms with E-state index >= 15 is 0 Å². The van der Waals surface area contributed by atoms with Gasteiger partial charge in [-0.15, -0.1) is 0 Å². The zero-order chi connectivity index (χ0) is 22.1. The van der Waals surface area contributed by atoms with E-state index in [9.17, 15) is 14.4 Å². The molecule has 1 aromatic heterocycles. The minimum Gasteiger partial charge on any atom is -0.487 e. The molecule has 0 spiro atoms. The fourth-order valence-electron chi connectivity index (χ4n) is 4.40. The third-order valence-electron chi connectivity index (χ3n) is 6.10. The highest BCUT2D eigenvalue weighted by molar-refractivity contribution is 6.05. The summed E-state index contributed by atoms with van der Waals surface area (Å²) in [5, 5.41) is 9.71. The zero-order valence-electron chi connectivity index (χ0n) is 17.6. The number of morpholine rings is 1. The Bertz CT molecular complexity index is 1050. The van der Waals surface area contributed by atoms with Gasteiger partial charge in [0.1, 0.15) is 18.4 Å². The summed E-state index contributed by atoms with van der Waals surface area (Å²) in [5.74, 6) is -0.327. The maximum atomic E-state index is 12.9. The first-order valence-corrected chi connectivity index (χ1v) is 10.8. The van der Waals surface area contributed by atoms with E-state index in [1.54, 1.807) is 12.1 Å². The number of aromatic nitrogens is 2. The predicted octanol–water partition coefficient (Wildman–Crippen LogP) is 0.582. The number of hydrogen-bond donors (Lipinski definition) is 2. The Kier molecular flexibility index (Phi) is 5.62. The Morgan fingerprint density at radius 1 is 1.19 bits per heavy atom. The van der Waals surface area contributed by atoms with Crippen molar-refractivity contribution in [1.82, 2.24) is 25.3 Å². The predicted molar refractivity (Wildman–Crippen MR) is 112 cm³/mol. The molecule has 3 aliphatic heterocycles. The number of aromatic amines is 1. The number of nitrogens with one attached hydrogen (secondary N) is 2. The van der Waals surface area contributed by atoms with Gasteiger partial charge in [-0.3, -0.25) is 29.7 Å². The molecule has 1 atom stereocenters. The SMILES string of the molecule is O=C1CCC(N2Cc3c(OCc4cc(CN5CCOCC5)n[nH]4)cccc3C2=O)C(=O)N1. The van der Waals surface area contributed by atoms with E-state index in [0.717, 1.165) is 49.8 Å². The van der Waals surface area contributed by atoms with Gasteiger partial charge in [-0.05, 0) is 24.6 Å². The molecule has 0 saturated carbocycles. The van der Waals surface area contributed by atoms with E-state index in [1.807, 2.05) is 12.1 Å². The highest BCUT2D eigenvalue weighted by Gasteiger charge is 2.40. The van der Waals surface area contributed by atoms with Gasteiger partial charge in [0.15, 0.2) is 0 Å². The van der Waals surface area contributed by atoms with Gasteiger partial charge in [-0.25, -0.2) is 0 Å². The Hall–Kier alpha value is -3.24. The molecule has 0 bridgehead atoms. The normalized spacial score (nSPS) is 21.6. The molecule has 3 aliphatic rings. The monoisotopic (exact) mass is 439 g/mol. The maximum Gasteiger partial charge on any atom is 0.255 e. The van der Waals surface area contributed by atoms with Crippen molar-refractivity contribution in [2.45, 2.75) is 38.6 Å². The van der Waals surface area contributed by atoms with Crippen molar-refractivity contribution in [3.05, 3.63) is 46.8 Å². The van der Waals surface area contributed by atoms with E-state index in [0.29, 0.717) is 24.3 Å². The van der Waals surface area contributed by atoms with Crippen molar-refractivity contribution >= 4 is 17.7 Å². The number of piperidine rings is 1. The maximum absolute atomic E-state index is 12.9. The number of nitrogens with zero attached hydrogens (tertiary/aromatic N) is 3. The Morgan fingerprint density at radius 3 is 2.84 bits per heavy atom. The number of ether oxygens (including phenoxy) is 2. The number of imide groups is 1. The lowest BCUT2D eigenvalue weighted by Gasteiger charge is -2.29. The van der Waals surface area contributed by atoms with Crippen molar-refractivity contribution < 1.29 is 23.9 Å². The van der Waals surface area contributed by atoms with Gasteiger partial charge in [0.25, 0.3) is 5.91 Å². The van der Waals surface area contributed by atoms with Crippen LogP contribution >= 0.6 is 0 Å². The van der Waals surface area contributed by atoms with Gasteiger partial charge >= 0.3 is 0 Å². The highest BCUT2D eigenvalue weighted by Crippen LogP contribution is 2.33. The molecule has 10 nitrogen and oxygen atoms in total. The minimum atomic E-state index is -0.643. The van der Waals surface area contributed by atoms with Crippen LogP contribution in [0.25, 0.3) is 0 Å². The van der Waals surface area contributed by atoms with Crippen molar-refractivity contribution in [2.24, 2.45) is 0 Å². The zero-order valence-corrected chi connectivity index (χ0v) is 17.6. The summed E-state index contributed by atoms with van der Waals surface area (Å²) in [5.41, 5.74) is 3.08. The Morgan fingerprint density at radius 2 is 2.03 bits per heavy atom. The molecule has 3 amide bonds. The number of carbonyl (C=O) groups is 3. The summed E-state index contributed by atoms with van der Waals surface area (Å²) in [6, 6.07) is 6.69. The number of hydrogen-bond acceptors (Lipinski definition) is 7. The number of H-pyrrole nitrogens is 1. The summed E-state index contributed by atoms with van der Waals surface area (Å²) < 4.78 is 11.4. The first kappa shape index (κ1) is 20.7. The molecule has 2 fully saturated rings. The first-order valence-electron chi connectivity index (χ1n) is 10.8. The van der Waals surface area contributed by atoms with Crippen molar-refractivity contribution in [2.75, 3.05) is 26.3 Å². The van der Waals surface area contributed by atoms with Crippen LogP contribution in [-0.4, -0.2) is 70.1 Å². The van der Waals surface area contributed by atoms with Gasteiger partial charge in [0.2, 0.25) is 11.8 Å². The smallest absolute Gasteiger partial charge is 0.255 e. The average molecular weight is 439 g/mol. The molecule has 10 heteroatoms. The van der Waals surface area contributed by atoms with Crippen LogP contribution in [0.4, 0.5) is 0 Å². The molecule has 0 radical (unpaired) electrons. The lowest BCUT2D eigenvalue weighted by atomic mass is 10.0. The minimum absolute atomic E-state index is 0.214. The van der Waals surface area contributed by atoms with Crippen LogP contribution in [0.3, 0.4) is 0 Å². The average Bonchev–Trinajstić information content (AvgIpc) is 3.38. The second-order valence-corrected chi connectivity index (χ2v) is 8.24. The van der Waals surface area contributed by atoms with Crippen molar-refractivity contribution in [1.29, 1.82) is 0 Å². The number of rotatable bonds is 6. The standard InChI is InChI=1S/C22H25N5O5/c28-20-5-4-18(21(29)23-20)27-12-17-16(22(27)30)2-1-3-19(17)32-13-15-10-14(24-25-15)11-26-6-8-31-9-7-26/h1-3,10,18H,4-9,11-13H2,(H,24,25)(H,23,28,29). The number of fused-ring (bicyclic) bond motifs is 1. The Labute approximate surface area is 184 Å². The fraction of sp³-hybridized carbons (Fsp3) is 0.455. The second-order valence-electron chi connectivity index (χ2n) is 8.24. The third kappa shape index (κ3) is 4.11. The van der Waals surface area contributed by atoms with Gasteiger partial charge in [-0.2, -0.15) is 5.10 Å². The summed E-state index contributed by atoms with van der Waals surface area (Å²) in [4.78, 5) is 40.4. The molecule has 0 aliphatic carbocycles. The van der Waals surface area contributed by atoms with Crippen LogP contribution in [-0.2, 0) is 34.0 Å². The molecule has 2 aromatic rings. The largest absolute Gasteiger partial charge is 0.487 e. The van der Waals surface area contributed by atoms with Crippen LogP contribution in [0, 0.1) is 0 Å². The van der Waals surface area contributed by atoms with Crippen LogP contribution < -0.4 is 10.1 Å². The second kappa shape index (κ2) is 8.71. The lowest BCUT2D eigenvalue weighted by Crippen LogP contribution is -2.52. The van der Waals surface area contributed by atoms with Gasteiger partial charge in [0, 0.05) is 37.2 Å². The summed E-state index contributed by atoms with van der Waals surface area (Å²) in [6.45, 7) is 4.61. The summed E-state index contributed by atoms with van der Waals surface area (Å²) in [7, 11) is 0. The first-order chi connectivity index (χ1) is 15.6. The fourth-order valence-corrected chi connectivity index (χ4v) is 4.40. The molecule has 2 saturated heterocycles. The molecule has 2 N–H and O–H groups in total. The molecule has 1 unspecified atom stereocenters. The van der Waals surface area contributed by atoms with Crippen molar-refractivity contribution in [3.63, 3.8) is 0 Å². The van der Waals surface area contributed by atoms with E-state index in [2.05, 4.69) is 20.4 Å². The highest BCUT2D eigenvalue weighted by atomic mass is 16.5. The van der Waals surface area contributed by atoms with E-state index in [1.165, 1.54) is 4.90 Å². The van der Waals surface area contributed by atoms with E-state index < -0.39 is 11.9 Å². The number of benzene rings is 1. The number of amides is 3. The summed E-state index contributed by atoms with van der Waals surface area (Å²) >= 11 is 0. The van der Waals surface area contributed by atoms with Crippen LogP contribution in [0.15, 0.2) is 24.3 Å². The van der Waals surface area contributed by atoms with E-state index in [-0.39, 0.29) is 24.8 Å². The Balaban J connectivity index is 1.24. The quantitative estimate of drug-likeness (QED) is 0.633. The molecule has 4 heterocycles. The molecule has 32 heavy (non-hydrogen) atoms. The van der Waals surface area contributed by atoms with Gasteiger partial charge < -0.3 is 14.4 Å². The topological polar surface area (TPSA) is 117 Å². The third-order valence-corrected chi connectivity index (χ3v) is 6.10.